The highest BCUT2D eigenvalue weighted by atomic mass is 16.6. The van der Waals surface area contributed by atoms with E-state index in [2.05, 4.69) is 53.4 Å². The summed E-state index contributed by atoms with van der Waals surface area (Å²) in [5.41, 5.74) is 7.44. The van der Waals surface area contributed by atoms with Gasteiger partial charge in [-0.2, -0.15) is 0 Å². The molecule has 0 radical (unpaired) electrons. The SMILES string of the molecule is C=CCNC(=O)c1cccnc1NCc1ccccc1OC.CC(C)(C)OC(=O)NCCNC(=O)c1cccnc1NCC1CCCCC1.NC(=O)C1CCCN1C(=O)c1cccnc1NCC1CCCCC1. The number of primary amides is 1. The van der Waals surface area contributed by atoms with Crippen LogP contribution in [0.15, 0.2) is 91.9 Å². The molecule has 1 atom stereocenters. The molecule has 2 aliphatic carbocycles. The van der Waals surface area contributed by atoms with Crippen LogP contribution in [0.25, 0.3) is 0 Å². The molecule has 4 aromatic rings. The number of hydrogen-bond acceptors (Lipinski definition) is 13. The van der Waals surface area contributed by atoms with Gasteiger partial charge in [0.25, 0.3) is 17.7 Å². The maximum atomic E-state index is 12.9. The van der Waals surface area contributed by atoms with Crippen LogP contribution in [0.1, 0.15) is 134 Å². The molecule has 18 nitrogen and oxygen atoms in total. The van der Waals surface area contributed by atoms with E-state index in [1.54, 1.807) is 93.8 Å². The Morgan fingerprint density at radius 1 is 0.671 bits per heavy atom. The summed E-state index contributed by atoms with van der Waals surface area (Å²) in [7, 11) is 1.63. The van der Waals surface area contributed by atoms with E-state index in [1.807, 2.05) is 24.3 Å². The highest BCUT2D eigenvalue weighted by Crippen LogP contribution is 2.27. The van der Waals surface area contributed by atoms with E-state index in [0.29, 0.717) is 85.1 Å². The number of likely N-dealkylation sites (tertiary alicyclic amines) is 1. The molecule has 0 bridgehead atoms. The first-order valence-electron chi connectivity index (χ1n) is 25.7. The zero-order chi connectivity index (χ0) is 52.4. The van der Waals surface area contributed by atoms with Gasteiger partial charge >= 0.3 is 6.09 Å². The molecule has 3 aromatic heterocycles. The molecule has 1 unspecified atom stereocenters. The lowest BCUT2D eigenvalue weighted by molar-refractivity contribution is -0.121. The molecule has 3 aliphatic rings. The van der Waals surface area contributed by atoms with Gasteiger partial charge in [-0.3, -0.25) is 19.2 Å². The Morgan fingerprint density at radius 3 is 1.74 bits per heavy atom. The van der Waals surface area contributed by atoms with Crippen LogP contribution in [-0.4, -0.2) is 108 Å². The molecule has 1 aromatic carbocycles. The van der Waals surface area contributed by atoms with Crippen LogP contribution in [0, 0.1) is 11.8 Å². The summed E-state index contributed by atoms with van der Waals surface area (Å²) >= 11 is 0. The van der Waals surface area contributed by atoms with Crippen LogP contribution < -0.4 is 42.4 Å². The molecule has 4 heterocycles. The number of ether oxygens (including phenoxy) is 2. The summed E-state index contributed by atoms with van der Waals surface area (Å²) in [4.78, 5) is 75.1. The predicted molar refractivity (Wildman–Crippen MR) is 286 cm³/mol. The Balaban J connectivity index is 0.000000204. The smallest absolute Gasteiger partial charge is 0.407 e. The lowest BCUT2D eigenvalue weighted by Gasteiger charge is -2.25. The summed E-state index contributed by atoms with van der Waals surface area (Å²) in [5.74, 6) is 2.87. The third-order valence-corrected chi connectivity index (χ3v) is 12.7. The Bertz CT molecular complexity index is 2400. The molecule has 18 heteroatoms. The van der Waals surface area contributed by atoms with Gasteiger partial charge < -0.3 is 52.0 Å². The Hall–Kier alpha value is -7.24. The van der Waals surface area contributed by atoms with Crippen molar-refractivity contribution in [2.75, 3.05) is 62.3 Å². The number of anilines is 3. The molecule has 7 rings (SSSR count). The average molecular weight is 1000 g/mol. The maximum Gasteiger partial charge on any atom is 0.407 e. The lowest BCUT2D eigenvalue weighted by Crippen LogP contribution is -2.44. The Kier molecular flexibility index (Phi) is 23.2. The molecule has 5 amide bonds. The van der Waals surface area contributed by atoms with Crippen LogP contribution >= 0.6 is 0 Å². The summed E-state index contributed by atoms with van der Waals surface area (Å²) in [6.45, 7) is 12.8. The van der Waals surface area contributed by atoms with Crippen molar-refractivity contribution < 1.29 is 33.4 Å². The van der Waals surface area contributed by atoms with Gasteiger partial charge in [0.2, 0.25) is 5.91 Å². The third-order valence-electron chi connectivity index (χ3n) is 12.7. The van der Waals surface area contributed by atoms with Crippen LogP contribution in [-0.2, 0) is 16.1 Å². The number of carbonyl (C=O) groups excluding carboxylic acids is 5. The molecule has 3 fully saturated rings. The molecular formula is C55H77N11O7. The maximum absolute atomic E-state index is 12.9. The van der Waals surface area contributed by atoms with Crippen LogP contribution in [0.2, 0.25) is 0 Å². The van der Waals surface area contributed by atoms with Gasteiger partial charge in [-0.1, -0.05) is 62.8 Å². The summed E-state index contributed by atoms with van der Waals surface area (Å²) < 4.78 is 10.5. The van der Waals surface area contributed by atoms with Gasteiger partial charge in [-0.25, -0.2) is 19.7 Å². The van der Waals surface area contributed by atoms with Gasteiger partial charge in [0.1, 0.15) is 34.8 Å². The van der Waals surface area contributed by atoms with Gasteiger partial charge in [0, 0.05) is 70.0 Å². The highest BCUT2D eigenvalue weighted by Gasteiger charge is 2.34. The number of methoxy groups -OCH3 is 1. The number of nitrogens with two attached hydrogens (primary N) is 1. The van der Waals surface area contributed by atoms with Crippen molar-refractivity contribution in [3.63, 3.8) is 0 Å². The number of nitrogens with zero attached hydrogens (tertiary/aromatic N) is 4. The number of pyridine rings is 3. The standard InChI is InChI=1S/C20H32N4O3.C18H26N4O2.C17H19N3O2/c1-20(2,3)27-19(26)23-13-12-22-18(25)16-10-7-11-21-17(16)24-14-15-8-5-4-6-9-15;19-16(23)15-9-5-11-22(15)18(24)14-8-4-10-20-17(14)21-12-13-6-2-1-3-7-13;1-3-10-19-17(21)14-8-6-11-18-16(14)20-12-13-7-4-5-9-15(13)22-2/h7,10-11,15H,4-6,8-9,12-14H2,1-3H3,(H,21,24)(H,22,25)(H,23,26);4,8,10,13,15H,1-3,5-7,9,11-12H2,(H2,19,23)(H,20,21);3-9,11H,1,10,12H2,2H3,(H,18,20)(H,19,21). The van der Waals surface area contributed by atoms with E-state index in [1.165, 1.54) is 64.2 Å². The van der Waals surface area contributed by atoms with Gasteiger partial charge in [0.15, 0.2) is 0 Å². The van der Waals surface area contributed by atoms with E-state index in [4.69, 9.17) is 15.2 Å². The minimum atomic E-state index is -0.540. The zero-order valence-corrected chi connectivity index (χ0v) is 43.2. The number of hydrogen-bond donors (Lipinski definition) is 7. The van der Waals surface area contributed by atoms with Crippen molar-refractivity contribution in [1.29, 1.82) is 0 Å². The topological polar surface area (TPSA) is 244 Å². The molecule has 8 N–H and O–H groups in total. The molecule has 2 saturated carbocycles. The lowest BCUT2D eigenvalue weighted by atomic mass is 9.89. The first-order valence-corrected chi connectivity index (χ1v) is 25.7. The molecule has 1 saturated heterocycles. The highest BCUT2D eigenvalue weighted by molar-refractivity contribution is 6.01. The van der Waals surface area contributed by atoms with Crippen molar-refractivity contribution in [1.82, 2.24) is 35.8 Å². The quantitative estimate of drug-likeness (QED) is 0.0347. The van der Waals surface area contributed by atoms with E-state index < -0.39 is 23.6 Å². The molecule has 0 spiro atoms. The number of carbonyl (C=O) groups is 5. The first kappa shape index (κ1) is 56.7. The second kappa shape index (κ2) is 29.9. The van der Waals surface area contributed by atoms with E-state index in [-0.39, 0.29) is 17.7 Å². The zero-order valence-electron chi connectivity index (χ0n) is 43.2. The van der Waals surface area contributed by atoms with Crippen LogP contribution in [0.4, 0.5) is 22.2 Å². The van der Waals surface area contributed by atoms with Crippen molar-refractivity contribution in [2.45, 2.75) is 116 Å². The second-order valence-corrected chi connectivity index (χ2v) is 19.4. The fourth-order valence-corrected chi connectivity index (χ4v) is 8.94. The van der Waals surface area contributed by atoms with Gasteiger partial charge in [0.05, 0.1) is 23.8 Å². The molecule has 73 heavy (non-hydrogen) atoms. The van der Waals surface area contributed by atoms with Crippen molar-refractivity contribution in [3.05, 3.63) is 114 Å². The van der Waals surface area contributed by atoms with Gasteiger partial charge in [-0.05, 0) is 114 Å². The number of aromatic nitrogens is 3. The normalized spacial score (nSPS) is 15.7. The van der Waals surface area contributed by atoms with Gasteiger partial charge in [-0.15, -0.1) is 6.58 Å². The fourth-order valence-electron chi connectivity index (χ4n) is 8.94. The first-order chi connectivity index (χ1) is 35.3. The fraction of sp³-hybridized carbons (Fsp3) is 0.491. The minimum Gasteiger partial charge on any atom is -0.496 e. The molecule has 1 aliphatic heterocycles. The van der Waals surface area contributed by atoms with Crippen LogP contribution in [0.5, 0.6) is 5.75 Å². The number of alkyl carbamates (subject to hydrolysis) is 1. The Morgan fingerprint density at radius 2 is 1.19 bits per heavy atom. The van der Waals surface area contributed by atoms with Crippen molar-refractivity contribution in [2.24, 2.45) is 17.6 Å². The summed E-state index contributed by atoms with van der Waals surface area (Å²) in [5, 5.41) is 18.1. The molecular weight excluding hydrogens is 927 g/mol. The second-order valence-electron chi connectivity index (χ2n) is 19.4. The Labute approximate surface area is 430 Å². The number of rotatable bonds is 19. The molecule has 394 valence electrons. The average Bonchev–Trinajstić information content (AvgIpc) is 3.91. The number of para-hydroxylation sites is 1. The number of nitrogens with one attached hydrogen (secondary N) is 6. The minimum absolute atomic E-state index is 0.157. The van der Waals surface area contributed by atoms with E-state index in [0.717, 1.165) is 30.8 Å². The van der Waals surface area contributed by atoms with Crippen molar-refractivity contribution >= 4 is 47.2 Å². The predicted octanol–water partition coefficient (Wildman–Crippen LogP) is 8.11. The van der Waals surface area contributed by atoms with Crippen molar-refractivity contribution in [3.8, 4) is 5.75 Å². The monoisotopic (exact) mass is 1000 g/mol. The van der Waals surface area contributed by atoms with Crippen LogP contribution in [0.3, 0.4) is 0 Å². The number of amides is 5. The third kappa shape index (κ3) is 19.0. The summed E-state index contributed by atoms with van der Waals surface area (Å²) in [6.07, 6.45) is 20.3. The van der Waals surface area contributed by atoms with E-state index in [9.17, 15) is 24.0 Å². The summed E-state index contributed by atoms with van der Waals surface area (Å²) in [6, 6.07) is 17.7. The number of benzene rings is 1. The van der Waals surface area contributed by atoms with E-state index >= 15 is 0 Å². The largest absolute Gasteiger partial charge is 0.496 e.